The smallest absolute Gasteiger partial charge is 0.213 e. The molecule has 0 radical (unpaired) electrons. The lowest BCUT2D eigenvalue weighted by Crippen LogP contribution is -2.07. The summed E-state index contributed by atoms with van der Waals surface area (Å²) in [5.41, 5.74) is 0. The van der Waals surface area contributed by atoms with Crippen LogP contribution < -0.4 is 5.32 Å². The third-order valence-electron chi connectivity index (χ3n) is 1.62. The van der Waals surface area contributed by atoms with Crippen LogP contribution in [-0.2, 0) is 6.42 Å². The molecule has 0 spiro atoms. The lowest BCUT2D eigenvalue weighted by atomic mass is 10.4. The molecule has 0 aliphatic heterocycles. The van der Waals surface area contributed by atoms with Gasteiger partial charge in [0.2, 0.25) is 6.39 Å². The molecule has 0 saturated heterocycles. The Labute approximate surface area is 80.4 Å². The minimum absolute atomic E-state index is 0.682. The number of nitrogens with one attached hydrogen (secondary N) is 1. The van der Waals surface area contributed by atoms with Crippen molar-refractivity contribution in [2.24, 2.45) is 0 Å². The maximum absolute atomic E-state index is 4.60. The molecule has 0 aromatic carbocycles. The molecule has 6 nitrogen and oxygen atoms in total. The van der Waals surface area contributed by atoms with Crippen molar-refractivity contribution < 1.29 is 4.52 Å². The standard InChI is InChI=1S/C8H9N5O/c1(7-12-6-14-13-7)2-10-8-5-9-3-4-11-8/h3-6H,1-2H2,(H,10,11). The van der Waals surface area contributed by atoms with Crippen LogP contribution in [0.5, 0.6) is 0 Å². The first-order valence-corrected chi connectivity index (χ1v) is 4.20. The summed E-state index contributed by atoms with van der Waals surface area (Å²) in [6.07, 6.45) is 6.95. The molecule has 6 heteroatoms. The Hall–Kier alpha value is -1.98. The largest absolute Gasteiger partial charge is 0.368 e. The molecule has 0 bridgehead atoms. The van der Waals surface area contributed by atoms with Gasteiger partial charge in [-0.1, -0.05) is 5.16 Å². The van der Waals surface area contributed by atoms with Crippen molar-refractivity contribution in [3.05, 3.63) is 30.8 Å². The van der Waals surface area contributed by atoms with Crippen molar-refractivity contribution in [1.29, 1.82) is 0 Å². The maximum Gasteiger partial charge on any atom is 0.213 e. The van der Waals surface area contributed by atoms with Gasteiger partial charge in [0.05, 0.1) is 6.20 Å². The highest BCUT2D eigenvalue weighted by Gasteiger charge is 1.97. The monoisotopic (exact) mass is 191 g/mol. The molecule has 0 aliphatic carbocycles. The summed E-state index contributed by atoms with van der Waals surface area (Å²) < 4.78 is 4.60. The van der Waals surface area contributed by atoms with Crippen LogP contribution in [0, 0.1) is 0 Å². The molecule has 0 fully saturated rings. The van der Waals surface area contributed by atoms with Gasteiger partial charge in [0.25, 0.3) is 0 Å². The Morgan fingerprint density at radius 3 is 3.00 bits per heavy atom. The van der Waals surface area contributed by atoms with E-state index in [1.54, 1.807) is 18.6 Å². The van der Waals surface area contributed by atoms with E-state index in [1.807, 2.05) is 0 Å². The van der Waals surface area contributed by atoms with E-state index in [4.69, 9.17) is 0 Å². The number of hydrogen-bond acceptors (Lipinski definition) is 6. The van der Waals surface area contributed by atoms with Gasteiger partial charge in [-0.15, -0.1) is 0 Å². The molecule has 0 atom stereocenters. The SMILES string of the molecule is c1cnc(NCCc2ncon2)cn1. The van der Waals surface area contributed by atoms with Crippen LogP contribution in [0.2, 0.25) is 0 Å². The second-order valence-corrected chi connectivity index (χ2v) is 2.61. The second kappa shape index (κ2) is 4.31. The Morgan fingerprint density at radius 1 is 1.29 bits per heavy atom. The van der Waals surface area contributed by atoms with Crippen LogP contribution in [0.1, 0.15) is 5.82 Å². The molecule has 72 valence electrons. The van der Waals surface area contributed by atoms with E-state index in [2.05, 4.69) is 29.9 Å². The lowest BCUT2D eigenvalue weighted by Gasteiger charge is -2.01. The van der Waals surface area contributed by atoms with Crippen LogP contribution in [0.3, 0.4) is 0 Å². The summed E-state index contributed by atoms with van der Waals surface area (Å²) in [7, 11) is 0. The third-order valence-corrected chi connectivity index (χ3v) is 1.62. The van der Waals surface area contributed by atoms with Crippen molar-refractivity contribution in [3.8, 4) is 0 Å². The Morgan fingerprint density at radius 2 is 2.29 bits per heavy atom. The average Bonchev–Trinajstić information content (AvgIpc) is 2.72. The fraction of sp³-hybridized carbons (Fsp3) is 0.250. The van der Waals surface area contributed by atoms with Gasteiger partial charge in [-0.05, 0) is 0 Å². The van der Waals surface area contributed by atoms with E-state index in [1.165, 1.54) is 6.39 Å². The quantitative estimate of drug-likeness (QED) is 0.758. The highest BCUT2D eigenvalue weighted by Crippen LogP contribution is 1.97. The minimum Gasteiger partial charge on any atom is -0.368 e. The number of nitrogens with zero attached hydrogens (tertiary/aromatic N) is 4. The van der Waals surface area contributed by atoms with Crippen molar-refractivity contribution in [2.75, 3.05) is 11.9 Å². The zero-order valence-electron chi connectivity index (χ0n) is 7.42. The van der Waals surface area contributed by atoms with Crippen molar-refractivity contribution >= 4 is 5.82 Å². The van der Waals surface area contributed by atoms with Gasteiger partial charge in [-0.3, -0.25) is 4.98 Å². The Balaban J connectivity index is 1.79. The average molecular weight is 191 g/mol. The molecule has 1 N–H and O–H groups in total. The predicted octanol–water partition coefficient (Wildman–Crippen LogP) is 0.514. The van der Waals surface area contributed by atoms with E-state index < -0.39 is 0 Å². The van der Waals surface area contributed by atoms with Gasteiger partial charge in [-0.25, -0.2) is 4.98 Å². The molecule has 2 aromatic heterocycles. The van der Waals surface area contributed by atoms with Gasteiger partial charge in [0, 0.05) is 25.4 Å². The summed E-state index contributed by atoms with van der Waals surface area (Å²) in [5, 5.41) is 6.77. The van der Waals surface area contributed by atoms with Gasteiger partial charge >= 0.3 is 0 Å². The first kappa shape index (κ1) is 8.61. The molecule has 0 saturated carbocycles. The lowest BCUT2D eigenvalue weighted by molar-refractivity contribution is 0.410. The van der Waals surface area contributed by atoms with Gasteiger partial charge in [0.15, 0.2) is 5.82 Å². The molecule has 0 amide bonds. The molecule has 2 aromatic rings. The molecule has 2 rings (SSSR count). The molecular formula is C8H9N5O. The topological polar surface area (TPSA) is 76.7 Å². The van der Waals surface area contributed by atoms with Gasteiger partial charge in [-0.2, -0.15) is 4.98 Å². The number of aromatic nitrogens is 4. The number of anilines is 1. The van der Waals surface area contributed by atoms with Crippen LogP contribution in [0.25, 0.3) is 0 Å². The summed E-state index contributed by atoms with van der Waals surface area (Å²) in [6.45, 7) is 0.707. The van der Waals surface area contributed by atoms with E-state index in [0.717, 1.165) is 5.82 Å². The van der Waals surface area contributed by atoms with Gasteiger partial charge in [0.1, 0.15) is 5.82 Å². The summed E-state index contributed by atoms with van der Waals surface area (Å²) in [4.78, 5) is 11.9. The zero-order chi connectivity index (χ0) is 9.64. The second-order valence-electron chi connectivity index (χ2n) is 2.61. The third kappa shape index (κ3) is 2.25. The number of hydrogen-bond donors (Lipinski definition) is 1. The predicted molar refractivity (Wildman–Crippen MR) is 48.5 cm³/mol. The summed E-state index contributed by atoms with van der Waals surface area (Å²) in [6, 6.07) is 0. The van der Waals surface area contributed by atoms with Crippen molar-refractivity contribution in [3.63, 3.8) is 0 Å². The van der Waals surface area contributed by atoms with Crippen LogP contribution in [0.4, 0.5) is 5.82 Å². The molecule has 2 heterocycles. The van der Waals surface area contributed by atoms with Crippen molar-refractivity contribution in [2.45, 2.75) is 6.42 Å². The normalized spacial score (nSPS) is 10.0. The van der Waals surface area contributed by atoms with Crippen molar-refractivity contribution in [1.82, 2.24) is 20.1 Å². The minimum atomic E-state index is 0.682. The molecule has 0 unspecified atom stereocenters. The zero-order valence-corrected chi connectivity index (χ0v) is 7.42. The van der Waals surface area contributed by atoms with Crippen LogP contribution in [-0.4, -0.2) is 26.7 Å². The highest BCUT2D eigenvalue weighted by atomic mass is 16.5. The first-order valence-electron chi connectivity index (χ1n) is 4.20. The molecular weight excluding hydrogens is 182 g/mol. The Kier molecular flexibility index (Phi) is 2.65. The maximum atomic E-state index is 4.60. The fourth-order valence-electron chi connectivity index (χ4n) is 0.995. The van der Waals surface area contributed by atoms with Crippen LogP contribution >= 0.6 is 0 Å². The van der Waals surface area contributed by atoms with Gasteiger partial charge < -0.3 is 9.84 Å². The molecule has 0 aliphatic rings. The Bertz CT molecular complexity index is 360. The van der Waals surface area contributed by atoms with E-state index in [0.29, 0.717) is 18.8 Å². The van der Waals surface area contributed by atoms with Crippen LogP contribution in [0.15, 0.2) is 29.5 Å². The van der Waals surface area contributed by atoms with E-state index in [-0.39, 0.29) is 0 Å². The van der Waals surface area contributed by atoms with E-state index in [9.17, 15) is 0 Å². The fourth-order valence-corrected chi connectivity index (χ4v) is 0.995. The summed E-state index contributed by atoms with van der Waals surface area (Å²) in [5.74, 6) is 1.43. The highest BCUT2D eigenvalue weighted by molar-refractivity contribution is 5.29. The van der Waals surface area contributed by atoms with E-state index >= 15 is 0 Å². The first-order chi connectivity index (χ1) is 6.95. The number of rotatable bonds is 4. The molecule has 14 heavy (non-hydrogen) atoms. The summed E-state index contributed by atoms with van der Waals surface area (Å²) >= 11 is 0.